The van der Waals surface area contributed by atoms with Gasteiger partial charge in [0, 0.05) is 39.8 Å². The summed E-state index contributed by atoms with van der Waals surface area (Å²) in [5.74, 6) is 0.444. The Morgan fingerprint density at radius 2 is 2.06 bits per heavy atom. The van der Waals surface area contributed by atoms with Crippen LogP contribution in [0.5, 0.6) is 0 Å². The van der Waals surface area contributed by atoms with E-state index in [9.17, 15) is 9.59 Å². The maximum Gasteiger partial charge on any atom is 0.220 e. The lowest BCUT2D eigenvalue weighted by Crippen LogP contribution is -2.33. The summed E-state index contributed by atoms with van der Waals surface area (Å²) in [4.78, 5) is 26.0. The van der Waals surface area contributed by atoms with Crippen molar-refractivity contribution in [3.05, 3.63) is 17.8 Å². The van der Waals surface area contributed by atoms with Crippen LogP contribution >= 0.6 is 0 Å². The zero-order chi connectivity index (χ0) is 12.7. The second-order valence-electron chi connectivity index (χ2n) is 3.69. The van der Waals surface area contributed by atoms with Crippen molar-refractivity contribution in [3.63, 3.8) is 0 Å². The number of oxazole rings is 1. The number of amides is 2. The lowest BCUT2D eigenvalue weighted by atomic mass is 10.2. The van der Waals surface area contributed by atoms with Crippen LogP contribution in [0.25, 0.3) is 0 Å². The Morgan fingerprint density at radius 3 is 2.65 bits per heavy atom. The Balaban J connectivity index is 2.11. The van der Waals surface area contributed by atoms with Crippen LogP contribution in [-0.4, -0.2) is 29.9 Å². The fraction of sp³-hybridized carbons (Fsp3) is 0.545. The van der Waals surface area contributed by atoms with E-state index in [1.807, 2.05) is 0 Å². The molecule has 2 N–H and O–H groups in total. The molecule has 0 atom stereocenters. The van der Waals surface area contributed by atoms with E-state index in [2.05, 4.69) is 15.6 Å². The summed E-state index contributed by atoms with van der Waals surface area (Å²) in [6, 6.07) is 0. The van der Waals surface area contributed by atoms with Gasteiger partial charge in [-0.2, -0.15) is 0 Å². The number of aryl methyl sites for hydroxylation is 2. The fourth-order valence-corrected chi connectivity index (χ4v) is 1.29. The van der Waals surface area contributed by atoms with Gasteiger partial charge >= 0.3 is 0 Å². The van der Waals surface area contributed by atoms with Crippen LogP contribution < -0.4 is 10.6 Å². The molecule has 1 rings (SSSR count). The van der Waals surface area contributed by atoms with Crippen LogP contribution in [0.15, 0.2) is 10.7 Å². The second-order valence-corrected chi connectivity index (χ2v) is 3.69. The number of hydrogen-bond donors (Lipinski definition) is 2. The largest absolute Gasteiger partial charge is 0.449 e. The summed E-state index contributed by atoms with van der Waals surface area (Å²) in [5.41, 5.74) is 0.777. The summed E-state index contributed by atoms with van der Waals surface area (Å²) in [7, 11) is 0. The van der Waals surface area contributed by atoms with Gasteiger partial charge < -0.3 is 15.1 Å². The molecule has 6 heteroatoms. The topological polar surface area (TPSA) is 84.2 Å². The van der Waals surface area contributed by atoms with Crippen molar-refractivity contribution in [2.24, 2.45) is 0 Å². The van der Waals surface area contributed by atoms with Gasteiger partial charge in [-0.05, 0) is 0 Å². The van der Waals surface area contributed by atoms with Gasteiger partial charge in [0.25, 0.3) is 0 Å². The van der Waals surface area contributed by atoms with E-state index in [1.54, 1.807) is 13.2 Å². The van der Waals surface area contributed by atoms with E-state index in [0.717, 1.165) is 5.69 Å². The normalized spacial score (nSPS) is 10.0. The molecule has 1 aromatic heterocycles. The molecule has 0 spiro atoms. The van der Waals surface area contributed by atoms with Crippen molar-refractivity contribution in [3.8, 4) is 0 Å². The van der Waals surface area contributed by atoms with Crippen LogP contribution in [-0.2, 0) is 16.0 Å². The summed E-state index contributed by atoms with van der Waals surface area (Å²) in [5, 5.41) is 5.30. The average molecular weight is 239 g/mol. The Morgan fingerprint density at radius 1 is 1.35 bits per heavy atom. The molecule has 0 saturated heterocycles. The number of carbonyl (C=O) groups is 2. The van der Waals surface area contributed by atoms with Gasteiger partial charge in [-0.3, -0.25) is 9.59 Å². The van der Waals surface area contributed by atoms with Gasteiger partial charge in [0.1, 0.15) is 6.26 Å². The van der Waals surface area contributed by atoms with Crippen LogP contribution in [0.3, 0.4) is 0 Å². The number of hydrogen-bond acceptors (Lipinski definition) is 4. The molecule has 0 aliphatic rings. The zero-order valence-corrected chi connectivity index (χ0v) is 10.1. The molecular weight excluding hydrogens is 222 g/mol. The molecule has 0 aliphatic carbocycles. The van der Waals surface area contributed by atoms with Crippen molar-refractivity contribution in [2.75, 3.05) is 13.1 Å². The van der Waals surface area contributed by atoms with Crippen LogP contribution in [0.1, 0.15) is 24.9 Å². The molecule has 0 radical (unpaired) electrons. The van der Waals surface area contributed by atoms with Crippen LogP contribution in [0.4, 0.5) is 0 Å². The third-order valence-electron chi connectivity index (χ3n) is 2.10. The summed E-state index contributed by atoms with van der Waals surface area (Å²) in [6.07, 6.45) is 2.48. The number of rotatable bonds is 6. The molecule has 0 bridgehead atoms. The lowest BCUT2D eigenvalue weighted by molar-refractivity contribution is -0.122. The monoisotopic (exact) mass is 239 g/mol. The quantitative estimate of drug-likeness (QED) is 0.693. The first-order chi connectivity index (χ1) is 8.08. The van der Waals surface area contributed by atoms with E-state index in [-0.39, 0.29) is 11.8 Å². The maximum atomic E-state index is 11.4. The van der Waals surface area contributed by atoms with Crippen LogP contribution in [0.2, 0.25) is 0 Å². The van der Waals surface area contributed by atoms with E-state index in [4.69, 9.17) is 4.42 Å². The third-order valence-corrected chi connectivity index (χ3v) is 2.10. The Labute approximate surface area is 99.8 Å². The highest BCUT2D eigenvalue weighted by Crippen LogP contribution is 2.02. The molecule has 6 nitrogen and oxygen atoms in total. The van der Waals surface area contributed by atoms with Crippen molar-refractivity contribution >= 4 is 11.8 Å². The maximum absolute atomic E-state index is 11.4. The molecule has 0 fully saturated rings. The summed E-state index contributed by atoms with van der Waals surface area (Å²) in [6.45, 7) is 4.09. The summed E-state index contributed by atoms with van der Waals surface area (Å²) < 4.78 is 5.03. The first-order valence-electron chi connectivity index (χ1n) is 5.50. The molecule has 1 heterocycles. The molecule has 0 unspecified atom stereocenters. The molecule has 94 valence electrons. The number of carbonyl (C=O) groups excluding carboxylic acids is 2. The SMILES string of the molecule is CC(=O)NCCNC(=O)CCc1coc(C)n1. The van der Waals surface area contributed by atoms with E-state index >= 15 is 0 Å². The highest BCUT2D eigenvalue weighted by Gasteiger charge is 2.04. The highest BCUT2D eigenvalue weighted by atomic mass is 16.3. The van der Waals surface area contributed by atoms with Crippen molar-refractivity contribution in [2.45, 2.75) is 26.7 Å². The van der Waals surface area contributed by atoms with Gasteiger partial charge in [0.15, 0.2) is 5.89 Å². The first-order valence-corrected chi connectivity index (χ1v) is 5.50. The lowest BCUT2D eigenvalue weighted by Gasteiger charge is -2.04. The molecular formula is C11H17N3O3. The summed E-state index contributed by atoms with van der Waals surface area (Å²) >= 11 is 0. The molecule has 0 aromatic carbocycles. The van der Waals surface area contributed by atoms with E-state index in [1.165, 1.54) is 6.92 Å². The van der Waals surface area contributed by atoms with Crippen LogP contribution in [0, 0.1) is 6.92 Å². The Kier molecular flexibility index (Phi) is 5.19. The Bertz CT molecular complexity index is 387. The zero-order valence-electron chi connectivity index (χ0n) is 10.1. The minimum Gasteiger partial charge on any atom is -0.449 e. The Hall–Kier alpha value is -1.85. The average Bonchev–Trinajstić information content (AvgIpc) is 2.67. The molecule has 17 heavy (non-hydrogen) atoms. The standard InChI is InChI=1S/C11H17N3O3/c1-8(15)12-5-6-13-11(16)4-3-10-7-17-9(2)14-10/h7H,3-6H2,1-2H3,(H,12,15)(H,13,16). The van der Waals surface area contributed by atoms with Gasteiger partial charge in [0.2, 0.25) is 11.8 Å². The smallest absolute Gasteiger partial charge is 0.220 e. The van der Waals surface area contributed by atoms with Crippen molar-refractivity contribution < 1.29 is 14.0 Å². The third kappa shape index (κ3) is 5.70. The van der Waals surface area contributed by atoms with E-state index in [0.29, 0.717) is 31.8 Å². The van der Waals surface area contributed by atoms with Gasteiger partial charge in [0.05, 0.1) is 5.69 Å². The number of aromatic nitrogens is 1. The predicted molar refractivity (Wildman–Crippen MR) is 61.3 cm³/mol. The van der Waals surface area contributed by atoms with Gasteiger partial charge in [-0.25, -0.2) is 4.98 Å². The van der Waals surface area contributed by atoms with Crippen molar-refractivity contribution in [1.29, 1.82) is 0 Å². The fourth-order valence-electron chi connectivity index (χ4n) is 1.29. The predicted octanol–water partition coefficient (Wildman–Crippen LogP) is 0.168. The van der Waals surface area contributed by atoms with Gasteiger partial charge in [-0.15, -0.1) is 0 Å². The minimum atomic E-state index is -0.0997. The molecule has 0 aliphatic heterocycles. The molecule has 2 amide bonds. The molecule has 1 aromatic rings. The van der Waals surface area contributed by atoms with Crippen molar-refractivity contribution in [1.82, 2.24) is 15.6 Å². The number of nitrogens with one attached hydrogen (secondary N) is 2. The van der Waals surface area contributed by atoms with E-state index < -0.39 is 0 Å². The molecule has 0 saturated carbocycles. The minimum absolute atomic E-state index is 0.0593. The van der Waals surface area contributed by atoms with Gasteiger partial charge in [-0.1, -0.05) is 0 Å². The highest BCUT2D eigenvalue weighted by molar-refractivity contribution is 5.76. The second kappa shape index (κ2) is 6.67. The number of nitrogens with zero attached hydrogens (tertiary/aromatic N) is 1. The first kappa shape index (κ1) is 13.2.